The molecule has 0 aliphatic heterocycles. The molecule has 1 unspecified atom stereocenters. The van der Waals surface area contributed by atoms with E-state index in [0.717, 1.165) is 0 Å². The predicted octanol–water partition coefficient (Wildman–Crippen LogP) is 0.637. The molecule has 88 valence electrons. The molecule has 0 saturated heterocycles. The van der Waals surface area contributed by atoms with E-state index in [0.29, 0.717) is 0 Å². The number of hydrogen-bond acceptors (Lipinski definition) is 3. The van der Waals surface area contributed by atoms with Crippen molar-refractivity contribution in [3.63, 3.8) is 0 Å². The molecule has 0 aromatic heterocycles. The lowest BCUT2D eigenvalue weighted by molar-refractivity contribution is -0.146. The monoisotopic (exact) mass is 217 g/mol. The van der Waals surface area contributed by atoms with Gasteiger partial charge in [-0.3, -0.25) is 4.79 Å². The molecule has 0 radical (unpaired) electrons. The van der Waals surface area contributed by atoms with E-state index in [4.69, 9.17) is 9.84 Å². The Kier molecular flexibility index (Phi) is 4.74. The summed E-state index contributed by atoms with van der Waals surface area (Å²) in [5.41, 5.74) is -0.533. The van der Waals surface area contributed by atoms with Gasteiger partial charge in [-0.05, 0) is 12.3 Å². The fraction of sp³-hybridized carbons (Fsp3) is 0.800. The van der Waals surface area contributed by atoms with Gasteiger partial charge < -0.3 is 15.2 Å². The number of carbonyl (C=O) groups is 2. The summed E-state index contributed by atoms with van der Waals surface area (Å²) < 4.78 is 4.80. The summed E-state index contributed by atoms with van der Waals surface area (Å²) >= 11 is 0. The van der Waals surface area contributed by atoms with E-state index in [1.165, 1.54) is 7.11 Å². The summed E-state index contributed by atoms with van der Waals surface area (Å²) in [5, 5.41) is 11.4. The van der Waals surface area contributed by atoms with Gasteiger partial charge in [0.25, 0.3) is 0 Å². The molecule has 5 heteroatoms. The minimum Gasteiger partial charge on any atom is -0.480 e. The van der Waals surface area contributed by atoms with Crippen molar-refractivity contribution in [2.24, 2.45) is 5.41 Å². The first-order valence-corrected chi connectivity index (χ1v) is 4.76. The van der Waals surface area contributed by atoms with Crippen LogP contribution in [0.1, 0.15) is 27.7 Å². The van der Waals surface area contributed by atoms with Gasteiger partial charge in [-0.2, -0.15) is 0 Å². The highest BCUT2D eigenvalue weighted by molar-refractivity contribution is 5.86. The second kappa shape index (κ2) is 5.11. The summed E-state index contributed by atoms with van der Waals surface area (Å²) in [5.74, 6) is -1.46. The highest BCUT2D eigenvalue weighted by Gasteiger charge is 2.33. The quantitative estimate of drug-likeness (QED) is 0.724. The number of methoxy groups -OCH3 is 1. The Bertz CT molecular complexity index is 244. The number of nitrogens with one attached hydrogen (secondary N) is 1. The van der Waals surface area contributed by atoms with E-state index in [-0.39, 0.29) is 0 Å². The van der Waals surface area contributed by atoms with Gasteiger partial charge >= 0.3 is 5.97 Å². The maximum absolute atomic E-state index is 11.4. The van der Waals surface area contributed by atoms with Crippen molar-refractivity contribution in [3.8, 4) is 0 Å². The average Bonchev–Trinajstić information content (AvgIpc) is 2.09. The fourth-order valence-corrected chi connectivity index (χ4v) is 1.02. The van der Waals surface area contributed by atoms with Gasteiger partial charge in [-0.15, -0.1) is 0 Å². The molecule has 2 atom stereocenters. The molecule has 0 rings (SSSR count). The van der Waals surface area contributed by atoms with Crippen LogP contribution in [0.3, 0.4) is 0 Å². The molecule has 0 aromatic rings. The largest absolute Gasteiger partial charge is 0.480 e. The van der Waals surface area contributed by atoms with Gasteiger partial charge in [-0.1, -0.05) is 20.8 Å². The first-order chi connectivity index (χ1) is 6.70. The lowest BCUT2D eigenvalue weighted by atomic mass is 9.86. The third-order valence-corrected chi connectivity index (χ3v) is 2.12. The minimum atomic E-state index is -1.04. The average molecular weight is 217 g/mol. The summed E-state index contributed by atoms with van der Waals surface area (Å²) in [6, 6.07) is -0.914. The van der Waals surface area contributed by atoms with E-state index >= 15 is 0 Å². The number of carboxylic acid groups (broad SMARTS) is 1. The summed E-state index contributed by atoms with van der Waals surface area (Å²) in [4.78, 5) is 22.4. The first kappa shape index (κ1) is 13.9. The Morgan fingerprint density at radius 1 is 1.33 bits per heavy atom. The van der Waals surface area contributed by atoms with Gasteiger partial charge in [0, 0.05) is 7.11 Å². The Hall–Kier alpha value is -1.10. The molecule has 0 aliphatic carbocycles. The summed E-state index contributed by atoms with van der Waals surface area (Å²) in [6.07, 6.45) is -0.644. The van der Waals surface area contributed by atoms with Crippen molar-refractivity contribution >= 4 is 11.9 Å². The number of aliphatic carboxylic acids is 1. The molecular weight excluding hydrogens is 198 g/mol. The van der Waals surface area contributed by atoms with Gasteiger partial charge in [0.1, 0.15) is 12.1 Å². The number of carboxylic acids is 1. The topological polar surface area (TPSA) is 75.6 Å². The second-order valence-electron chi connectivity index (χ2n) is 4.52. The zero-order chi connectivity index (χ0) is 12.2. The van der Waals surface area contributed by atoms with E-state index in [2.05, 4.69) is 5.32 Å². The maximum Gasteiger partial charge on any atom is 0.326 e. The van der Waals surface area contributed by atoms with Crippen LogP contribution in [0.15, 0.2) is 0 Å². The van der Waals surface area contributed by atoms with Crippen LogP contribution in [0.4, 0.5) is 0 Å². The molecule has 0 spiro atoms. The number of amides is 1. The van der Waals surface area contributed by atoms with E-state index < -0.39 is 29.4 Å². The number of hydrogen-bond donors (Lipinski definition) is 2. The molecular formula is C10H19NO4. The number of rotatable bonds is 4. The Balaban J connectivity index is 4.58. The highest BCUT2D eigenvalue weighted by atomic mass is 16.5. The standard InChI is InChI=1S/C10H19NO4/c1-6(15-5)8(12)11-7(9(13)14)10(2,3)4/h6-7H,1-5H3,(H,11,12)(H,13,14)/t6?,7-/m1/s1. The molecule has 0 aliphatic rings. The molecule has 0 fully saturated rings. The number of carbonyl (C=O) groups excluding carboxylic acids is 1. The van der Waals surface area contributed by atoms with Gasteiger partial charge in [0.15, 0.2) is 0 Å². The van der Waals surface area contributed by atoms with Crippen LogP contribution in [-0.2, 0) is 14.3 Å². The molecule has 0 aromatic carbocycles. The Morgan fingerprint density at radius 3 is 2.07 bits per heavy atom. The van der Waals surface area contributed by atoms with Gasteiger partial charge in [-0.25, -0.2) is 4.79 Å². The van der Waals surface area contributed by atoms with Gasteiger partial charge in [0.05, 0.1) is 0 Å². The Morgan fingerprint density at radius 2 is 1.80 bits per heavy atom. The predicted molar refractivity (Wildman–Crippen MR) is 55.5 cm³/mol. The summed E-state index contributed by atoms with van der Waals surface area (Å²) in [6.45, 7) is 6.83. The van der Waals surface area contributed by atoms with Crippen LogP contribution < -0.4 is 5.32 Å². The lowest BCUT2D eigenvalue weighted by Gasteiger charge is -2.28. The SMILES string of the molecule is COC(C)C(=O)N[C@H](C(=O)O)C(C)(C)C. The third kappa shape index (κ3) is 4.29. The first-order valence-electron chi connectivity index (χ1n) is 4.76. The van der Waals surface area contributed by atoms with E-state index in [1.54, 1.807) is 27.7 Å². The maximum atomic E-state index is 11.4. The molecule has 0 heterocycles. The smallest absolute Gasteiger partial charge is 0.326 e. The third-order valence-electron chi connectivity index (χ3n) is 2.12. The van der Waals surface area contributed by atoms with E-state index in [9.17, 15) is 9.59 Å². The van der Waals surface area contributed by atoms with Gasteiger partial charge in [0.2, 0.25) is 5.91 Å². The van der Waals surface area contributed by atoms with Crippen molar-refractivity contribution in [1.29, 1.82) is 0 Å². The van der Waals surface area contributed by atoms with Crippen LogP contribution in [-0.4, -0.2) is 36.2 Å². The zero-order valence-corrected chi connectivity index (χ0v) is 9.83. The van der Waals surface area contributed by atoms with Crippen molar-refractivity contribution in [1.82, 2.24) is 5.32 Å². The second-order valence-corrected chi connectivity index (χ2v) is 4.52. The van der Waals surface area contributed by atoms with Crippen molar-refractivity contribution in [2.75, 3.05) is 7.11 Å². The summed E-state index contributed by atoms with van der Waals surface area (Å²) in [7, 11) is 1.40. The highest BCUT2D eigenvalue weighted by Crippen LogP contribution is 2.19. The lowest BCUT2D eigenvalue weighted by Crippen LogP contribution is -2.51. The number of ether oxygens (including phenoxy) is 1. The van der Waals surface area contributed by atoms with Crippen molar-refractivity contribution in [3.05, 3.63) is 0 Å². The Labute approximate surface area is 89.8 Å². The van der Waals surface area contributed by atoms with Crippen molar-refractivity contribution < 1.29 is 19.4 Å². The van der Waals surface area contributed by atoms with Crippen molar-refractivity contribution in [2.45, 2.75) is 39.8 Å². The normalized spacial score (nSPS) is 15.5. The van der Waals surface area contributed by atoms with Crippen LogP contribution >= 0.6 is 0 Å². The van der Waals surface area contributed by atoms with Crippen LogP contribution in [0.5, 0.6) is 0 Å². The molecule has 0 bridgehead atoms. The molecule has 15 heavy (non-hydrogen) atoms. The van der Waals surface area contributed by atoms with Crippen LogP contribution in [0.25, 0.3) is 0 Å². The van der Waals surface area contributed by atoms with Crippen LogP contribution in [0, 0.1) is 5.41 Å². The molecule has 1 amide bonds. The molecule has 0 saturated carbocycles. The van der Waals surface area contributed by atoms with E-state index in [1.807, 2.05) is 0 Å². The van der Waals surface area contributed by atoms with Crippen LogP contribution in [0.2, 0.25) is 0 Å². The minimum absolute atomic E-state index is 0.417. The molecule has 2 N–H and O–H groups in total. The fourth-order valence-electron chi connectivity index (χ4n) is 1.02. The molecule has 5 nitrogen and oxygen atoms in total. The zero-order valence-electron chi connectivity index (χ0n) is 9.83.